The molecule has 1 amide bonds. The maximum absolute atomic E-state index is 12.0. The van der Waals surface area contributed by atoms with Gasteiger partial charge in [0.2, 0.25) is 5.91 Å². The Bertz CT molecular complexity index is 849. The van der Waals surface area contributed by atoms with E-state index in [1.54, 1.807) is 4.90 Å². The summed E-state index contributed by atoms with van der Waals surface area (Å²) in [5.74, 6) is 0.714. The standard InChI is InChI=1S/C19H21NO5S/c1-26(22,23)25-18-11-19(21)20(13-18)12-15-7-9-16(10-8-15)14-24-17-5-3-2-4-6-17/h2-10,18H,11-14H2,1H3. The number of nitrogens with zero attached hydrogens (tertiary/aromatic N) is 1. The van der Waals surface area contributed by atoms with Crippen molar-refractivity contribution in [2.24, 2.45) is 0 Å². The molecule has 0 bridgehead atoms. The van der Waals surface area contributed by atoms with Crippen LogP contribution in [0, 0.1) is 0 Å². The smallest absolute Gasteiger partial charge is 0.264 e. The van der Waals surface area contributed by atoms with E-state index in [4.69, 9.17) is 8.92 Å². The van der Waals surface area contributed by atoms with Gasteiger partial charge in [-0.25, -0.2) is 0 Å². The van der Waals surface area contributed by atoms with Crippen molar-refractivity contribution < 1.29 is 22.1 Å². The highest BCUT2D eigenvalue weighted by atomic mass is 32.2. The number of carbonyl (C=O) groups excluding carboxylic acids is 1. The van der Waals surface area contributed by atoms with E-state index < -0.39 is 16.2 Å². The lowest BCUT2D eigenvalue weighted by atomic mass is 10.1. The lowest BCUT2D eigenvalue weighted by Gasteiger charge is -2.16. The first-order chi connectivity index (χ1) is 12.4. The third kappa shape index (κ3) is 5.31. The molecule has 1 atom stereocenters. The highest BCUT2D eigenvalue weighted by Gasteiger charge is 2.32. The summed E-state index contributed by atoms with van der Waals surface area (Å²) in [6.07, 6.45) is 0.489. The zero-order chi connectivity index (χ0) is 18.6. The van der Waals surface area contributed by atoms with Crippen LogP contribution in [0.15, 0.2) is 54.6 Å². The minimum atomic E-state index is -3.55. The van der Waals surface area contributed by atoms with E-state index in [0.29, 0.717) is 13.2 Å². The zero-order valence-corrected chi connectivity index (χ0v) is 15.3. The number of amides is 1. The van der Waals surface area contributed by atoms with E-state index in [2.05, 4.69) is 0 Å². The van der Waals surface area contributed by atoms with Crippen molar-refractivity contribution >= 4 is 16.0 Å². The first-order valence-electron chi connectivity index (χ1n) is 8.31. The second-order valence-electron chi connectivity index (χ2n) is 6.32. The lowest BCUT2D eigenvalue weighted by molar-refractivity contribution is -0.128. The molecule has 0 radical (unpaired) electrons. The molecule has 2 aromatic rings. The summed E-state index contributed by atoms with van der Waals surface area (Å²) in [6, 6.07) is 17.4. The SMILES string of the molecule is CS(=O)(=O)OC1CC(=O)N(Cc2ccc(COc3ccccc3)cc2)C1. The summed E-state index contributed by atoms with van der Waals surface area (Å²) in [4.78, 5) is 13.6. The fourth-order valence-corrected chi connectivity index (χ4v) is 3.47. The van der Waals surface area contributed by atoms with Crippen molar-refractivity contribution in [1.29, 1.82) is 0 Å². The Hall–Kier alpha value is -2.38. The lowest BCUT2D eigenvalue weighted by Crippen LogP contribution is -2.26. The third-order valence-corrected chi connectivity index (χ3v) is 4.66. The van der Waals surface area contributed by atoms with Crippen molar-refractivity contribution in [2.45, 2.75) is 25.7 Å². The first kappa shape index (κ1) is 18.4. The number of para-hydroxylation sites is 1. The monoisotopic (exact) mass is 375 g/mol. The molecule has 0 aliphatic carbocycles. The highest BCUT2D eigenvalue weighted by molar-refractivity contribution is 7.86. The predicted octanol–water partition coefficient (Wildman–Crippen LogP) is 2.34. The Balaban J connectivity index is 1.53. The van der Waals surface area contributed by atoms with Crippen LogP contribution in [-0.4, -0.2) is 38.1 Å². The van der Waals surface area contributed by atoms with Crippen LogP contribution < -0.4 is 4.74 Å². The summed E-state index contributed by atoms with van der Waals surface area (Å²) < 4.78 is 33.0. The van der Waals surface area contributed by atoms with E-state index in [0.717, 1.165) is 23.1 Å². The van der Waals surface area contributed by atoms with Crippen molar-refractivity contribution in [2.75, 3.05) is 12.8 Å². The van der Waals surface area contributed by atoms with Crippen LogP contribution in [0.25, 0.3) is 0 Å². The maximum atomic E-state index is 12.0. The topological polar surface area (TPSA) is 72.9 Å². The average molecular weight is 375 g/mol. The number of hydrogen-bond acceptors (Lipinski definition) is 5. The van der Waals surface area contributed by atoms with Gasteiger partial charge in [-0.2, -0.15) is 8.42 Å². The van der Waals surface area contributed by atoms with Gasteiger partial charge in [-0.15, -0.1) is 0 Å². The quantitative estimate of drug-likeness (QED) is 0.695. The number of likely N-dealkylation sites (tertiary alicyclic amines) is 1. The van der Waals surface area contributed by atoms with Crippen LogP contribution in [0.3, 0.4) is 0 Å². The van der Waals surface area contributed by atoms with Crippen LogP contribution in [0.2, 0.25) is 0 Å². The normalized spacial score (nSPS) is 17.5. The van der Waals surface area contributed by atoms with E-state index in [9.17, 15) is 13.2 Å². The van der Waals surface area contributed by atoms with E-state index >= 15 is 0 Å². The van der Waals surface area contributed by atoms with Gasteiger partial charge < -0.3 is 9.64 Å². The molecule has 0 aromatic heterocycles. The van der Waals surface area contributed by atoms with Gasteiger partial charge in [0, 0.05) is 13.1 Å². The van der Waals surface area contributed by atoms with Crippen molar-refractivity contribution in [3.05, 3.63) is 65.7 Å². The zero-order valence-electron chi connectivity index (χ0n) is 14.5. The summed E-state index contributed by atoms with van der Waals surface area (Å²) in [7, 11) is -3.55. The molecule has 1 fully saturated rings. The first-order valence-corrected chi connectivity index (χ1v) is 10.1. The van der Waals surface area contributed by atoms with Crippen molar-refractivity contribution in [1.82, 2.24) is 4.90 Å². The summed E-state index contributed by atoms with van der Waals surface area (Å²) >= 11 is 0. The molecule has 1 aliphatic rings. The van der Waals surface area contributed by atoms with Crippen LogP contribution in [-0.2, 0) is 32.2 Å². The molecule has 1 aliphatic heterocycles. The molecule has 7 heteroatoms. The Morgan fingerprint density at radius 1 is 1.04 bits per heavy atom. The van der Waals surface area contributed by atoms with E-state index in [1.807, 2.05) is 54.6 Å². The molecule has 0 saturated carbocycles. The van der Waals surface area contributed by atoms with Crippen molar-refractivity contribution in [3.8, 4) is 5.75 Å². The molecular weight excluding hydrogens is 354 g/mol. The molecule has 3 rings (SSSR count). The molecule has 2 aromatic carbocycles. The Morgan fingerprint density at radius 3 is 2.35 bits per heavy atom. The molecule has 26 heavy (non-hydrogen) atoms. The van der Waals surface area contributed by atoms with Crippen LogP contribution in [0.5, 0.6) is 5.75 Å². The number of benzene rings is 2. The number of rotatable bonds is 7. The van der Waals surface area contributed by atoms with E-state index in [-0.39, 0.29) is 18.9 Å². The molecule has 0 N–H and O–H groups in total. The van der Waals surface area contributed by atoms with Gasteiger partial charge in [-0.1, -0.05) is 42.5 Å². The summed E-state index contributed by atoms with van der Waals surface area (Å²) in [6.45, 7) is 1.18. The summed E-state index contributed by atoms with van der Waals surface area (Å²) in [5.41, 5.74) is 2.01. The minimum Gasteiger partial charge on any atom is -0.489 e. The van der Waals surface area contributed by atoms with Gasteiger partial charge in [0.25, 0.3) is 10.1 Å². The van der Waals surface area contributed by atoms with Crippen LogP contribution >= 0.6 is 0 Å². The van der Waals surface area contributed by atoms with Gasteiger partial charge in [0.05, 0.1) is 12.7 Å². The van der Waals surface area contributed by atoms with Gasteiger partial charge in [-0.3, -0.25) is 8.98 Å². The molecule has 6 nitrogen and oxygen atoms in total. The molecule has 1 heterocycles. The van der Waals surface area contributed by atoms with Gasteiger partial charge in [0.1, 0.15) is 18.5 Å². The van der Waals surface area contributed by atoms with Crippen molar-refractivity contribution in [3.63, 3.8) is 0 Å². The van der Waals surface area contributed by atoms with Crippen LogP contribution in [0.1, 0.15) is 17.5 Å². The molecule has 1 unspecified atom stereocenters. The number of carbonyl (C=O) groups is 1. The molecule has 138 valence electrons. The van der Waals surface area contributed by atoms with Gasteiger partial charge in [0.15, 0.2) is 0 Å². The van der Waals surface area contributed by atoms with E-state index in [1.165, 1.54) is 0 Å². The molecular formula is C19H21NO5S. The maximum Gasteiger partial charge on any atom is 0.264 e. The molecule has 0 spiro atoms. The van der Waals surface area contributed by atoms with Gasteiger partial charge in [-0.05, 0) is 23.3 Å². The minimum absolute atomic E-state index is 0.0933. The Kier molecular flexibility index (Phi) is 5.58. The fraction of sp³-hybridized carbons (Fsp3) is 0.316. The Morgan fingerprint density at radius 2 is 1.69 bits per heavy atom. The van der Waals surface area contributed by atoms with Crippen LogP contribution in [0.4, 0.5) is 0 Å². The fourth-order valence-electron chi connectivity index (χ4n) is 2.85. The molecule has 1 saturated heterocycles. The second-order valence-corrected chi connectivity index (χ2v) is 7.92. The highest BCUT2D eigenvalue weighted by Crippen LogP contribution is 2.19. The summed E-state index contributed by atoms with van der Waals surface area (Å²) in [5, 5.41) is 0. The predicted molar refractivity (Wildman–Crippen MR) is 97.0 cm³/mol. The number of ether oxygens (including phenoxy) is 1. The average Bonchev–Trinajstić information content (AvgIpc) is 2.92. The number of hydrogen-bond donors (Lipinski definition) is 0. The van der Waals surface area contributed by atoms with Gasteiger partial charge >= 0.3 is 0 Å². The Labute approximate surface area is 153 Å². The second kappa shape index (κ2) is 7.88. The largest absolute Gasteiger partial charge is 0.489 e. The third-order valence-electron chi connectivity index (χ3n) is 4.04.